The van der Waals surface area contributed by atoms with Crippen molar-refractivity contribution in [3.63, 3.8) is 0 Å². The van der Waals surface area contributed by atoms with E-state index in [0.717, 1.165) is 13.1 Å². The zero-order valence-corrected chi connectivity index (χ0v) is 10.5. The lowest BCUT2D eigenvalue weighted by Gasteiger charge is -2.20. The Hall–Kier alpha value is -0.900. The zero-order valence-electron chi connectivity index (χ0n) is 10.5. The molecule has 0 spiro atoms. The van der Waals surface area contributed by atoms with E-state index >= 15 is 0 Å². The molecule has 16 heavy (non-hydrogen) atoms. The third-order valence-electron chi connectivity index (χ3n) is 2.75. The van der Waals surface area contributed by atoms with Crippen molar-refractivity contribution in [3.8, 4) is 0 Å². The van der Waals surface area contributed by atoms with E-state index in [0.29, 0.717) is 6.54 Å². The van der Waals surface area contributed by atoms with Crippen molar-refractivity contribution in [2.24, 2.45) is 5.73 Å². The Labute approximate surface area is 98.6 Å². The molecule has 0 aliphatic heterocycles. The van der Waals surface area contributed by atoms with Crippen LogP contribution in [0.2, 0.25) is 0 Å². The first-order valence-corrected chi connectivity index (χ1v) is 5.79. The van der Waals surface area contributed by atoms with Crippen LogP contribution in [0.15, 0.2) is 24.3 Å². The highest BCUT2D eigenvalue weighted by atomic mass is 15.1. The fourth-order valence-corrected chi connectivity index (χ4v) is 1.76. The highest BCUT2D eigenvalue weighted by Crippen LogP contribution is 2.15. The van der Waals surface area contributed by atoms with Crippen molar-refractivity contribution >= 4 is 0 Å². The predicted octanol–water partition coefficient (Wildman–Crippen LogP) is 1.15. The molecule has 0 amide bonds. The standard InChI is InChI=1S/C13H23N3/c1-11-6-4-5-7-12(11)13(10-14)15-8-9-16(2)3/h4-7,13,15H,8-10,14H2,1-3H3. The molecule has 0 aromatic heterocycles. The molecule has 0 bridgehead atoms. The molecule has 1 unspecified atom stereocenters. The molecule has 1 aromatic rings. The first-order chi connectivity index (χ1) is 7.65. The summed E-state index contributed by atoms with van der Waals surface area (Å²) in [6.07, 6.45) is 0. The molecule has 0 aliphatic carbocycles. The Balaban J connectivity index is 2.57. The van der Waals surface area contributed by atoms with Gasteiger partial charge in [0.1, 0.15) is 0 Å². The second-order valence-electron chi connectivity index (χ2n) is 4.40. The van der Waals surface area contributed by atoms with Crippen LogP contribution in [0.25, 0.3) is 0 Å². The topological polar surface area (TPSA) is 41.3 Å². The van der Waals surface area contributed by atoms with Gasteiger partial charge >= 0.3 is 0 Å². The van der Waals surface area contributed by atoms with Gasteiger partial charge in [-0.25, -0.2) is 0 Å². The average Bonchev–Trinajstić information content (AvgIpc) is 2.25. The summed E-state index contributed by atoms with van der Waals surface area (Å²) in [5.74, 6) is 0. The maximum absolute atomic E-state index is 5.81. The lowest BCUT2D eigenvalue weighted by atomic mass is 10.0. The van der Waals surface area contributed by atoms with E-state index in [2.05, 4.69) is 55.5 Å². The Morgan fingerprint density at radius 2 is 2.00 bits per heavy atom. The Kier molecular flexibility index (Phi) is 5.46. The van der Waals surface area contributed by atoms with E-state index in [4.69, 9.17) is 5.73 Å². The third-order valence-corrected chi connectivity index (χ3v) is 2.75. The molecule has 3 N–H and O–H groups in total. The van der Waals surface area contributed by atoms with Crippen LogP contribution in [-0.2, 0) is 0 Å². The lowest BCUT2D eigenvalue weighted by molar-refractivity contribution is 0.385. The summed E-state index contributed by atoms with van der Waals surface area (Å²) in [5, 5.41) is 3.49. The number of aryl methyl sites for hydroxylation is 1. The first kappa shape index (κ1) is 13.2. The highest BCUT2D eigenvalue weighted by molar-refractivity contribution is 5.28. The molecule has 0 aliphatic rings. The van der Waals surface area contributed by atoms with Crippen LogP contribution in [0.1, 0.15) is 17.2 Å². The highest BCUT2D eigenvalue weighted by Gasteiger charge is 2.10. The molecule has 3 nitrogen and oxygen atoms in total. The monoisotopic (exact) mass is 221 g/mol. The van der Waals surface area contributed by atoms with Gasteiger partial charge in [0.2, 0.25) is 0 Å². The minimum Gasteiger partial charge on any atom is -0.329 e. The van der Waals surface area contributed by atoms with Gasteiger partial charge in [0, 0.05) is 25.7 Å². The SMILES string of the molecule is Cc1ccccc1C(CN)NCCN(C)C. The van der Waals surface area contributed by atoms with Crippen LogP contribution in [-0.4, -0.2) is 38.6 Å². The summed E-state index contributed by atoms with van der Waals surface area (Å²) in [6, 6.07) is 8.67. The molecule has 3 heteroatoms. The summed E-state index contributed by atoms with van der Waals surface area (Å²) < 4.78 is 0. The van der Waals surface area contributed by atoms with Gasteiger partial charge in [-0.1, -0.05) is 24.3 Å². The van der Waals surface area contributed by atoms with Crippen molar-refractivity contribution < 1.29 is 0 Å². The molecular weight excluding hydrogens is 198 g/mol. The number of nitrogens with zero attached hydrogens (tertiary/aromatic N) is 1. The summed E-state index contributed by atoms with van der Waals surface area (Å²) in [5.41, 5.74) is 8.42. The smallest absolute Gasteiger partial charge is 0.0447 e. The number of hydrogen-bond acceptors (Lipinski definition) is 3. The van der Waals surface area contributed by atoms with E-state index in [1.807, 2.05) is 0 Å². The van der Waals surface area contributed by atoms with Crippen LogP contribution in [0.4, 0.5) is 0 Å². The first-order valence-electron chi connectivity index (χ1n) is 5.79. The van der Waals surface area contributed by atoms with Gasteiger partial charge in [-0.2, -0.15) is 0 Å². The van der Waals surface area contributed by atoms with Crippen LogP contribution >= 0.6 is 0 Å². The lowest BCUT2D eigenvalue weighted by Crippen LogP contribution is -2.33. The maximum Gasteiger partial charge on any atom is 0.0447 e. The number of hydrogen-bond donors (Lipinski definition) is 2. The summed E-state index contributed by atoms with van der Waals surface area (Å²) in [4.78, 5) is 2.17. The largest absolute Gasteiger partial charge is 0.329 e. The minimum absolute atomic E-state index is 0.265. The average molecular weight is 221 g/mol. The molecule has 0 heterocycles. The van der Waals surface area contributed by atoms with Crippen LogP contribution in [0.3, 0.4) is 0 Å². The fraction of sp³-hybridized carbons (Fsp3) is 0.538. The van der Waals surface area contributed by atoms with Crippen LogP contribution in [0, 0.1) is 6.92 Å². The van der Waals surface area contributed by atoms with Gasteiger partial charge < -0.3 is 16.0 Å². The molecular formula is C13H23N3. The second kappa shape index (κ2) is 6.63. The maximum atomic E-state index is 5.81. The molecule has 0 fully saturated rings. The number of benzene rings is 1. The van der Waals surface area contributed by atoms with Gasteiger partial charge in [0.05, 0.1) is 0 Å². The van der Waals surface area contributed by atoms with E-state index in [-0.39, 0.29) is 6.04 Å². The molecule has 90 valence electrons. The van der Waals surface area contributed by atoms with Crippen molar-refractivity contribution in [3.05, 3.63) is 35.4 Å². The number of rotatable bonds is 6. The predicted molar refractivity (Wildman–Crippen MR) is 69.5 cm³/mol. The van der Waals surface area contributed by atoms with Crippen molar-refractivity contribution in [2.75, 3.05) is 33.7 Å². The summed E-state index contributed by atoms with van der Waals surface area (Å²) in [6.45, 7) is 4.76. The van der Waals surface area contributed by atoms with Gasteiger partial charge in [-0.15, -0.1) is 0 Å². The Bertz CT molecular complexity index is 310. The normalized spacial score (nSPS) is 13.1. The molecule has 0 radical (unpaired) electrons. The van der Waals surface area contributed by atoms with E-state index in [1.165, 1.54) is 11.1 Å². The second-order valence-corrected chi connectivity index (χ2v) is 4.40. The number of nitrogens with one attached hydrogen (secondary N) is 1. The van der Waals surface area contributed by atoms with Gasteiger partial charge in [0.15, 0.2) is 0 Å². The molecule has 0 saturated heterocycles. The van der Waals surface area contributed by atoms with Crippen LogP contribution in [0.5, 0.6) is 0 Å². The van der Waals surface area contributed by atoms with Gasteiger partial charge in [-0.3, -0.25) is 0 Å². The molecule has 1 aromatic carbocycles. The minimum atomic E-state index is 0.265. The van der Waals surface area contributed by atoms with E-state index in [9.17, 15) is 0 Å². The van der Waals surface area contributed by atoms with E-state index in [1.54, 1.807) is 0 Å². The molecule has 0 saturated carbocycles. The Morgan fingerprint density at radius 3 is 2.56 bits per heavy atom. The summed E-state index contributed by atoms with van der Waals surface area (Å²) >= 11 is 0. The summed E-state index contributed by atoms with van der Waals surface area (Å²) in [7, 11) is 4.15. The molecule has 1 atom stereocenters. The van der Waals surface area contributed by atoms with Gasteiger partial charge in [0.25, 0.3) is 0 Å². The van der Waals surface area contributed by atoms with Crippen molar-refractivity contribution in [1.82, 2.24) is 10.2 Å². The number of nitrogens with two attached hydrogens (primary N) is 1. The van der Waals surface area contributed by atoms with Gasteiger partial charge in [-0.05, 0) is 32.1 Å². The third kappa shape index (κ3) is 3.93. The quantitative estimate of drug-likeness (QED) is 0.757. The van der Waals surface area contributed by atoms with E-state index < -0.39 is 0 Å². The zero-order chi connectivity index (χ0) is 12.0. The van der Waals surface area contributed by atoms with Crippen LogP contribution < -0.4 is 11.1 Å². The molecule has 1 rings (SSSR count). The fourth-order valence-electron chi connectivity index (χ4n) is 1.76. The van der Waals surface area contributed by atoms with Crippen molar-refractivity contribution in [1.29, 1.82) is 0 Å². The number of likely N-dealkylation sites (N-methyl/N-ethyl adjacent to an activating group) is 1. The van der Waals surface area contributed by atoms with Crippen molar-refractivity contribution in [2.45, 2.75) is 13.0 Å². The Morgan fingerprint density at radius 1 is 1.31 bits per heavy atom.